The van der Waals surface area contributed by atoms with E-state index in [2.05, 4.69) is 35.0 Å². The van der Waals surface area contributed by atoms with Crippen LogP contribution in [0.1, 0.15) is 40.2 Å². The summed E-state index contributed by atoms with van der Waals surface area (Å²) in [5.74, 6) is -0.597. The standard InChI is InChI=1S/C18H22ClN3O2/c1-10(2)18(5)8-12(13-14(18)24-17(3,4)23-13)22-7-6-11-15(19)20-9-21-16(11)22/h6-7,9,12-14H,1,8H2,2-5H3/t12-,13+,14+,18+/m1/s1. The van der Waals surface area contributed by atoms with Crippen LogP contribution in [-0.4, -0.2) is 32.5 Å². The van der Waals surface area contributed by atoms with Crippen molar-refractivity contribution < 1.29 is 9.47 Å². The molecule has 24 heavy (non-hydrogen) atoms. The molecule has 128 valence electrons. The van der Waals surface area contributed by atoms with Gasteiger partial charge in [-0.05, 0) is 33.3 Å². The highest BCUT2D eigenvalue weighted by molar-refractivity contribution is 6.33. The largest absolute Gasteiger partial charge is 0.344 e. The van der Waals surface area contributed by atoms with Gasteiger partial charge in [0, 0.05) is 11.6 Å². The molecule has 4 rings (SSSR count). The van der Waals surface area contributed by atoms with Crippen molar-refractivity contribution in [1.29, 1.82) is 0 Å². The Bertz CT molecular complexity index is 831. The minimum atomic E-state index is -0.597. The Morgan fingerprint density at radius 2 is 2.08 bits per heavy atom. The first-order chi connectivity index (χ1) is 11.2. The molecule has 4 atom stereocenters. The van der Waals surface area contributed by atoms with Crippen LogP contribution in [0.4, 0.5) is 0 Å². The van der Waals surface area contributed by atoms with Crippen LogP contribution in [-0.2, 0) is 9.47 Å². The molecule has 0 aromatic carbocycles. The molecule has 0 radical (unpaired) electrons. The second kappa shape index (κ2) is 5.04. The summed E-state index contributed by atoms with van der Waals surface area (Å²) in [5, 5.41) is 1.33. The normalized spacial score (nSPS) is 34.6. The van der Waals surface area contributed by atoms with Gasteiger partial charge in [-0.25, -0.2) is 9.97 Å². The van der Waals surface area contributed by atoms with Crippen molar-refractivity contribution in [3.8, 4) is 0 Å². The van der Waals surface area contributed by atoms with E-state index >= 15 is 0 Å². The number of fused-ring (bicyclic) bond motifs is 2. The maximum Gasteiger partial charge on any atom is 0.163 e. The molecular formula is C18H22ClN3O2. The summed E-state index contributed by atoms with van der Waals surface area (Å²) in [5.41, 5.74) is 1.81. The molecule has 5 nitrogen and oxygen atoms in total. The minimum absolute atomic E-state index is 0.0234. The van der Waals surface area contributed by atoms with Gasteiger partial charge in [-0.15, -0.1) is 0 Å². The maximum absolute atomic E-state index is 6.27. The van der Waals surface area contributed by atoms with Crippen LogP contribution < -0.4 is 0 Å². The Labute approximate surface area is 146 Å². The van der Waals surface area contributed by atoms with Gasteiger partial charge in [0.05, 0.1) is 17.5 Å². The number of hydrogen-bond donors (Lipinski definition) is 0. The van der Waals surface area contributed by atoms with Crippen LogP contribution in [0.15, 0.2) is 30.7 Å². The van der Waals surface area contributed by atoms with Crippen LogP contribution >= 0.6 is 11.6 Å². The van der Waals surface area contributed by atoms with Crippen molar-refractivity contribution in [3.63, 3.8) is 0 Å². The van der Waals surface area contributed by atoms with E-state index in [0.29, 0.717) is 5.15 Å². The number of halogens is 1. The Hall–Kier alpha value is -1.43. The van der Waals surface area contributed by atoms with Crippen molar-refractivity contribution in [2.24, 2.45) is 5.41 Å². The Kier molecular flexibility index (Phi) is 3.37. The van der Waals surface area contributed by atoms with E-state index < -0.39 is 5.79 Å². The first-order valence-electron chi connectivity index (χ1n) is 8.21. The van der Waals surface area contributed by atoms with E-state index in [-0.39, 0.29) is 23.7 Å². The van der Waals surface area contributed by atoms with E-state index in [0.717, 1.165) is 23.0 Å². The fourth-order valence-electron chi connectivity index (χ4n) is 4.11. The van der Waals surface area contributed by atoms with Gasteiger partial charge in [-0.1, -0.05) is 30.7 Å². The smallest absolute Gasteiger partial charge is 0.163 e. The molecule has 3 heterocycles. The van der Waals surface area contributed by atoms with Gasteiger partial charge < -0.3 is 14.0 Å². The first kappa shape index (κ1) is 16.1. The molecule has 1 aliphatic heterocycles. The summed E-state index contributed by atoms with van der Waals surface area (Å²) < 4.78 is 14.7. The second-order valence-corrected chi connectivity index (χ2v) is 7.97. The molecule has 0 bridgehead atoms. The van der Waals surface area contributed by atoms with Crippen molar-refractivity contribution in [3.05, 3.63) is 35.9 Å². The number of hydrogen-bond acceptors (Lipinski definition) is 4. The number of ether oxygens (including phenoxy) is 2. The van der Waals surface area contributed by atoms with Gasteiger partial charge in [0.25, 0.3) is 0 Å². The van der Waals surface area contributed by atoms with Gasteiger partial charge in [-0.2, -0.15) is 0 Å². The van der Waals surface area contributed by atoms with Crippen molar-refractivity contribution in [2.75, 3.05) is 0 Å². The van der Waals surface area contributed by atoms with Gasteiger partial charge in [0.1, 0.15) is 23.2 Å². The molecule has 1 saturated heterocycles. The Balaban J connectivity index is 1.83. The fourth-order valence-corrected chi connectivity index (χ4v) is 4.30. The first-order valence-corrected chi connectivity index (χ1v) is 8.59. The van der Waals surface area contributed by atoms with E-state index in [1.807, 2.05) is 26.1 Å². The summed E-state index contributed by atoms with van der Waals surface area (Å²) in [7, 11) is 0. The minimum Gasteiger partial charge on any atom is -0.344 e. The average Bonchev–Trinajstić information content (AvgIpc) is 3.12. The molecule has 2 fully saturated rings. The van der Waals surface area contributed by atoms with Crippen molar-refractivity contribution in [1.82, 2.24) is 14.5 Å². The molecule has 1 aliphatic carbocycles. The van der Waals surface area contributed by atoms with Crippen LogP contribution in [0.2, 0.25) is 5.15 Å². The summed E-state index contributed by atoms with van der Waals surface area (Å²) in [6.07, 6.45) is 4.34. The molecule has 2 aromatic rings. The lowest BCUT2D eigenvalue weighted by Gasteiger charge is -2.32. The zero-order chi connectivity index (χ0) is 17.3. The zero-order valence-corrected chi connectivity index (χ0v) is 15.2. The lowest BCUT2D eigenvalue weighted by atomic mass is 9.80. The Morgan fingerprint density at radius 3 is 2.79 bits per heavy atom. The molecule has 6 heteroatoms. The molecule has 0 unspecified atom stereocenters. The summed E-state index contributed by atoms with van der Waals surface area (Å²) in [4.78, 5) is 8.50. The number of rotatable bonds is 2. The molecule has 0 N–H and O–H groups in total. The topological polar surface area (TPSA) is 49.2 Å². The highest BCUT2D eigenvalue weighted by atomic mass is 35.5. The quantitative estimate of drug-likeness (QED) is 0.605. The SMILES string of the molecule is C=C(C)[C@]1(C)C[C@@H](n2ccc3c(Cl)ncnc32)[C@@H]2OC(C)(C)O[C@@H]21. The van der Waals surface area contributed by atoms with Crippen LogP contribution in [0.3, 0.4) is 0 Å². The molecule has 2 aliphatic rings. The number of nitrogens with zero attached hydrogens (tertiary/aromatic N) is 3. The van der Waals surface area contributed by atoms with Crippen LogP contribution in [0, 0.1) is 5.41 Å². The lowest BCUT2D eigenvalue weighted by Crippen LogP contribution is -2.34. The lowest BCUT2D eigenvalue weighted by molar-refractivity contribution is -0.164. The average molecular weight is 348 g/mol. The maximum atomic E-state index is 6.27. The third-order valence-electron chi connectivity index (χ3n) is 5.56. The fraction of sp³-hybridized carbons (Fsp3) is 0.556. The molecule has 2 aromatic heterocycles. The summed E-state index contributed by atoms with van der Waals surface area (Å²) in [6.45, 7) is 12.4. The van der Waals surface area contributed by atoms with Gasteiger partial charge in [0.2, 0.25) is 0 Å². The third kappa shape index (κ3) is 2.15. The highest BCUT2D eigenvalue weighted by Crippen LogP contribution is 2.56. The van der Waals surface area contributed by atoms with Crippen molar-refractivity contribution >= 4 is 22.6 Å². The summed E-state index contributed by atoms with van der Waals surface area (Å²) >= 11 is 6.21. The van der Waals surface area contributed by atoms with E-state index in [1.54, 1.807) is 0 Å². The molecule has 0 amide bonds. The van der Waals surface area contributed by atoms with Gasteiger partial charge in [0.15, 0.2) is 5.79 Å². The predicted octanol–water partition coefficient (Wildman–Crippen LogP) is 4.13. The monoisotopic (exact) mass is 347 g/mol. The molecular weight excluding hydrogens is 326 g/mol. The highest BCUT2D eigenvalue weighted by Gasteiger charge is 2.60. The van der Waals surface area contributed by atoms with Gasteiger partial charge >= 0.3 is 0 Å². The third-order valence-corrected chi connectivity index (χ3v) is 5.86. The second-order valence-electron chi connectivity index (χ2n) is 7.61. The molecule has 0 spiro atoms. The predicted molar refractivity (Wildman–Crippen MR) is 92.9 cm³/mol. The summed E-state index contributed by atoms with van der Waals surface area (Å²) in [6, 6.07) is 2.08. The molecule has 1 saturated carbocycles. The zero-order valence-electron chi connectivity index (χ0n) is 14.4. The van der Waals surface area contributed by atoms with Crippen molar-refractivity contribution in [2.45, 2.75) is 58.2 Å². The Morgan fingerprint density at radius 1 is 1.33 bits per heavy atom. The van der Waals surface area contributed by atoms with E-state index in [1.165, 1.54) is 6.33 Å². The number of aromatic nitrogens is 3. The van der Waals surface area contributed by atoms with E-state index in [9.17, 15) is 0 Å². The van der Waals surface area contributed by atoms with Crippen LogP contribution in [0.25, 0.3) is 11.0 Å². The van der Waals surface area contributed by atoms with Gasteiger partial charge in [-0.3, -0.25) is 0 Å². The van der Waals surface area contributed by atoms with E-state index in [4.69, 9.17) is 21.1 Å². The van der Waals surface area contributed by atoms with Crippen LogP contribution in [0.5, 0.6) is 0 Å².